The molecule has 0 aliphatic carbocycles. The van der Waals surface area contributed by atoms with E-state index in [1.165, 1.54) is 24.3 Å². The largest absolute Gasteiger partial charge is 0.452 e. The van der Waals surface area contributed by atoms with Crippen molar-refractivity contribution >= 4 is 39.4 Å². The summed E-state index contributed by atoms with van der Waals surface area (Å²) >= 11 is 3.20. The van der Waals surface area contributed by atoms with E-state index in [0.717, 1.165) is 5.56 Å². The average Bonchev–Trinajstić information content (AvgIpc) is 2.61. The van der Waals surface area contributed by atoms with E-state index < -0.39 is 18.5 Å². The molecule has 2 amide bonds. The smallest absolute Gasteiger partial charge is 0.340 e. The van der Waals surface area contributed by atoms with Gasteiger partial charge in [0.25, 0.3) is 5.91 Å². The predicted molar refractivity (Wildman–Crippen MR) is 99.7 cm³/mol. The van der Waals surface area contributed by atoms with Crippen LogP contribution in [0.5, 0.6) is 0 Å². The maximum absolute atomic E-state index is 12.0. The summed E-state index contributed by atoms with van der Waals surface area (Å²) in [6.07, 6.45) is 2.87. The summed E-state index contributed by atoms with van der Waals surface area (Å²) < 4.78 is 5.58. The first-order valence-electron chi connectivity index (χ1n) is 7.73. The number of hydrogen-bond acceptors (Lipinski definition) is 5. The van der Waals surface area contributed by atoms with Crippen LogP contribution in [0, 0.1) is 6.92 Å². The molecule has 0 saturated carbocycles. The first kappa shape index (κ1) is 19.6. The van der Waals surface area contributed by atoms with Gasteiger partial charge in [-0.3, -0.25) is 14.6 Å². The molecule has 0 spiro atoms. The number of esters is 1. The van der Waals surface area contributed by atoms with Crippen LogP contribution in [0.25, 0.3) is 0 Å². The molecule has 0 fully saturated rings. The van der Waals surface area contributed by atoms with Gasteiger partial charge in [0.2, 0.25) is 5.91 Å². The van der Waals surface area contributed by atoms with Crippen LogP contribution in [-0.2, 0) is 14.3 Å². The fraction of sp³-hybridized carbons (Fsp3) is 0.222. The number of amides is 2. The maximum Gasteiger partial charge on any atom is 0.340 e. The molecule has 0 atom stereocenters. The molecule has 1 aromatic carbocycles. The third-order valence-electron chi connectivity index (χ3n) is 3.41. The van der Waals surface area contributed by atoms with Gasteiger partial charge >= 0.3 is 5.97 Å². The number of aryl methyl sites for hydroxylation is 1. The lowest BCUT2D eigenvalue weighted by Crippen LogP contribution is -2.37. The number of hydrogen-bond donors (Lipinski definition) is 1. The predicted octanol–water partition coefficient (Wildman–Crippen LogP) is 2.41. The van der Waals surface area contributed by atoms with Crippen LogP contribution in [0.2, 0.25) is 0 Å². The van der Waals surface area contributed by atoms with Crippen molar-refractivity contribution in [3.63, 3.8) is 0 Å². The number of ether oxygens (including phenoxy) is 1. The summed E-state index contributed by atoms with van der Waals surface area (Å²) in [5.74, 6) is -1.49. The topological polar surface area (TPSA) is 88.6 Å². The summed E-state index contributed by atoms with van der Waals surface area (Å²) in [5.41, 5.74) is 1.96. The van der Waals surface area contributed by atoms with E-state index >= 15 is 0 Å². The van der Waals surface area contributed by atoms with Crippen molar-refractivity contribution in [2.75, 3.05) is 25.5 Å². The highest BCUT2D eigenvalue weighted by molar-refractivity contribution is 9.10. The summed E-state index contributed by atoms with van der Waals surface area (Å²) in [4.78, 5) is 40.9. The molecular weight excluding hydrogens is 402 g/mol. The van der Waals surface area contributed by atoms with Crippen LogP contribution < -0.4 is 5.32 Å². The molecule has 1 heterocycles. The number of carbonyl (C=O) groups is 3. The van der Waals surface area contributed by atoms with E-state index in [2.05, 4.69) is 26.2 Å². The SMILES string of the molecule is Cc1ccc(NC(=O)CN(C)C(=O)COC(=O)c2cncc(Br)c2)cc1. The first-order valence-corrected chi connectivity index (χ1v) is 8.52. The van der Waals surface area contributed by atoms with Crippen molar-refractivity contribution in [3.8, 4) is 0 Å². The summed E-state index contributed by atoms with van der Waals surface area (Å²) in [5, 5.41) is 2.70. The second kappa shape index (κ2) is 9.10. The number of rotatable bonds is 6. The number of pyridine rings is 1. The molecule has 0 aliphatic heterocycles. The summed E-state index contributed by atoms with van der Waals surface area (Å²) in [7, 11) is 1.46. The molecule has 0 saturated heterocycles. The number of nitrogens with one attached hydrogen (secondary N) is 1. The lowest BCUT2D eigenvalue weighted by molar-refractivity contribution is -0.136. The number of benzene rings is 1. The Morgan fingerprint density at radius 1 is 1.19 bits per heavy atom. The number of anilines is 1. The normalized spacial score (nSPS) is 10.1. The Balaban J connectivity index is 1.80. The van der Waals surface area contributed by atoms with Crippen molar-refractivity contribution in [3.05, 3.63) is 58.3 Å². The molecule has 0 aliphatic rings. The summed E-state index contributed by atoms with van der Waals surface area (Å²) in [6, 6.07) is 8.85. The van der Waals surface area contributed by atoms with E-state index in [-0.39, 0.29) is 18.0 Å². The lowest BCUT2D eigenvalue weighted by atomic mass is 10.2. The standard InChI is InChI=1S/C18H18BrN3O4/c1-12-3-5-15(6-4-12)21-16(23)10-22(2)17(24)11-26-18(25)13-7-14(19)9-20-8-13/h3-9H,10-11H2,1-2H3,(H,21,23). The zero-order chi connectivity index (χ0) is 19.1. The van der Waals surface area contributed by atoms with Crippen LogP contribution in [0.15, 0.2) is 47.2 Å². The molecule has 2 aromatic rings. The average molecular weight is 420 g/mol. The van der Waals surface area contributed by atoms with Crippen LogP contribution >= 0.6 is 15.9 Å². The Hall–Kier alpha value is -2.74. The molecule has 8 heteroatoms. The van der Waals surface area contributed by atoms with Gasteiger partial charge in [0.05, 0.1) is 12.1 Å². The van der Waals surface area contributed by atoms with Gasteiger partial charge in [-0.25, -0.2) is 4.79 Å². The third kappa shape index (κ3) is 5.96. The fourth-order valence-corrected chi connectivity index (χ4v) is 2.35. The Kier molecular flexibility index (Phi) is 6.85. The van der Waals surface area contributed by atoms with E-state index in [1.54, 1.807) is 18.2 Å². The van der Waals surface area contributed by atoms with Crippen molar-refractivity contribution in [1.29, 1.82) is 0 Å². The molecule has 0 unspecified atom stereocenters. The highest BCUT2D eigenvalue weighted by Crippen LogP contribution is 2.11. The quantitative estimate of drug-likeness (QED) is 0.726. The van der Waals surface area contributed by atoms with Gasteiger partial charge in [-0.15, -0.1) is 0 Å². The Labute approximate surface area is 159 Å². The Bertz CT molecular complexity index is 808. The van der Waals surface area contributed by atoms with Gasteiger partial charge in [0.15, 0.2) is 6.61 Å². The monoisotopic (exact) mass is 419 g/mol. The zero-order valence-electron chi connectivity index (χ0n) is 14.4. The maximum atomic E-state index is 12.0. The van der Waals surface area contributed by atoms with E-state index in [1.807, 2.05) is 19.1 Å². The van der Waals surface area contributed by atoms with Crippen LogP contribution in [0.3, 0.4) is 0 Å². The molecule has 0 radical (unpaired) electrons. The van der Waals surface area contributed by atoms with E-state index in [9.17, 15) is 14.4 Å². The number of likely N-dealkylation sites (N-methyl/N-ethyl adjacent to an activating group) is 1. The minimum Gasteiger partial charge on any atom is -0.452 e. The molecular formula is C18H18BrN3O4. The highest BCUT2D eigenvalue weighted by Gasteiger charge is 2.16. The second-order valence-corrected chi connectivity index (χ2v) is 6.55. The Morgan fingerprint density at radius 2 is 1.88 bits per heavy atom. The van der Waals surface area contributed by atoms with Crippen molar-refractivity contribution in [2.45, 2.75) is 6.92 Å². The van der Waals surface area contributed by atoms with Gasteiger partial charge in [-0.2, -0.15) is 0 Å². The lowest BCUT2D eigenvalue weighted by Gasteiger charge is -2.16. The molecule has 136 valence electrons. The first-order chi connectivity index (χ1) is 12.3. The van der Waals surface area contributed by atoms with Crippen molar-refractivity contribution in [1.82, 2.24) is 9.88 Å². The van der Waals surface area contributed by atoms with Gasteiger partial charge in [-0.05, 0) is 41.1 Å². The molecule has 1 aromatic heterocycles. The van der Waals surface area contributed by atoms with Crippen molar-refractivity contribution in [2.24, 2.45) is 0 Å². The third-order valence-corrected chi connectivity index (χ3v) is 3.84. The number of aromatic nitrogens is 1. The van der Waals surface area contributed by atoms with Crippen LogP contribution in [0.4, 0.5) is 5.69 Å². The molecule has 7 nitrogen and oxygen atoms in total. The Morgan fingerprint density at radius 3 is 2.54 bits per heavy atom. The molecule has 2 rings (SSSR count). The van der Waals surface area contributed by atoms with Gasteiger partial charge < -0.3 is 15.0 Å². The number of halogens is 1. The van der Waals surface area contributed by atoms with Crippen LogP contribution in [0.1, 0.15) is 15.9 Å². The minimum absolute atomic E-state index is 0.150. The van der Waals surface area contributed by atoms with Gasteiger partial charge in [0, 0.05) is 29.6 Å². The number of nitrogens with zero attached hydrogens (tertiary/aromatic N) is 2. The van der Waals surface area contributed by atoms with Gasteiger partial charge in [0.1, 0.15) is 0 Å². The van der Waals surface area contributed by atoms with E-state index in [4.69, 9.17) is 4.74 Å². The van der Waals surface area contributed by atoms with Crippen molar-refractivity contribution < 1.29 is 19.1 Å². The second-order valence-electron chi connectivity index (χ2n) is 5.63. The highest BCUT2D eigenvalue weighted by atomic mass is 79.9. The zero-order valence-corrected chi connectivity index (χ0v) is 15.9. The molecule has 0 bridgehead atoms. The summed E-state index contributed by atoms with van der Waals surface area (Å²) in [6.45, 7) is 1.34. The van der Waals surface area contributed by atoms with Crippen LogP contribution in [-0.4, -0.2) is 47.9 Å². The molecule has 1 N–H and O–H groups in total. The van der Waals surface area contributed by atoms with E-state index in [0.29, 0.717) is 10.2 Å². The number of carbonyl (C=O) groups excluding carboxylic acids is 3. The fourth-order valence-electron chi connectivity index (χ4n) is 1.99. The van der Waals surface area contributed by atoms with Gasteiger partial charge in [-0.1, -0.05) is 17.7 Å². The molecule has 26 heavy (non-hydrogen) atoms. The minimum atomic E-state index is -0.662.